The predicted molar refractivity (Wildman–Crippen MR) is 118 cm³/mol. The second kappa shape index (κ2) is 8.78. The molecular weight excluding hydrogens is 423 g/mol. The van der Waals surface area contributed by atoms with E-state index in [0.717, 1.165) is 22.2 Å². The van der Waals surface area contributed by atoms with Gasteiger partial charge in [0.1, 0.15) is 11.3 Å². The summed E-state index contributed by atoms with van der Waals surface area (Å²) in [7, 11) is 0. The summed E-state index contributed by atoms with van der Waals surface area (Å²) >= 11 is 12.0. The van der Waals surface area contributed by atoms with E-state index in [1.807, 2.05) is 48.5 Å². The van der Waals surface area contributed by atoms with Gasteiger partial charge in [-0.2, -0.15) is 0 Å². The second-order valence-corrected chi connectivity index (χ2v) is 7.58. The average Bonchev–Trinajstić information content (AvgIpc) is 3.18. The number of carbonyl (C=O) groups excluding carboxylic acids is 1. The minimum Gasteiger partial charge on any atom is -0.479 e. The van der Waals surface area contributed by atoms with Crippen molar-refractivity contribution < 1.29 is 13.9 Å². The lowest BCUT2D eigenvalue weighted by Gasteiger charge is -2.16. The highest BCUT2D eigenvalue weighted by molar-refractivity contribution is 6.35. The standard InChI is InChI=1S/C23H18Cl2N2O3/c1-14(29-20-11-10-17(24)12-18(20)25)22(28)26-13-15-6-8-16(9-7-15)23-27-19-4-2-3-5-21(19)30-23/h2-12,14H,13H2,1H3,(H,26,28)/t14-/m1/s1. The van der Waals surface area contributed by atoms with Crippen LogP contribution in [0.5, 0.6) is 5.75 Å². The Labute approximate surface area is 183 Å². The van der Waals surface area contributed by atoms with Gasteiger partial charge in [-0.15, -0.1) is 0 Å². The van der Waals surface area contributed by atoms with Crippen LogP contribution in [0.2, 0.25) is 10.0 Å². The van der Waals surface area contributed by atoms with Crippen molar-refractivity contribution in [3.05, 3.63) is 82.3 Å². The molecule has 0 bridgehead atoms. The zero-order valence-corrected chi connectivity index (χ0v) is 17.6. The molecule has 0 spiro atoms. The number of hydrogen-bond donors (Lipinski definition) is 1. The van der Waals surface area contributed by atoms with Crippen LogP contribution in [0.1, 0.15) is 12.5 Å². The van der Waals surface area contributed by atoms with E-state index in [1.165, 1.54) is 0 Å². The van der Waals surface area contributed by atoms with Crippen molar-refractivity contribution in [1.82, 2.24) is 10.3 Å². The fourth-order valence-electron chi connectivity index (χ4n) is 2.91. The average molecular weight is 441 g/mol. The summed E-state index contributed by atoms with van der Waals surface area (Å²) in [4.78, 5) is 16.8. The van der Waals surface area contributed by atoms with Crippen LogP contribution < -0.4 is 10.1 Å². The number of nitrogens with zero attached hydrogens (tertiary/aromatic N) is 1. The van der Waals surface area contributed by atoms with Crippen LogP contribution in [0.25, 0.3) is 22.6 Å². The molecule has 1 atom stereocenters. The molecule has 1 N–H and O–H groups in total. The van der Waals surface area contributed by atoms with Crippen molar-refractivity contribution in [2.45, 2.75) is 19.6 Å². The van der Waals surface area contributed by atoms with E-state index >= 15 is 0 Å². The summed E-state index contributed by atoms with van der Waals surface area (Å²) in [6.07, 6.45) is -0.706. The third kappa shape index (κ3) is 4.58. The Morgan fingerprint density at radius 3 is 2.60 bits per heavy atom. The predicted octanol–water partition coefficient (Wildman–Crippen LogP) is 5.89. The lowest BCUT2D eigenvalue weighted by Crippen LogP contribution is -2.35. The highest BCUT2D eigenvalue weighted by Crippen LogP contribution is 2.28. The first-order valence-corrected chi connectivity index (χ1v) is 10.1. The van der Waals surface area contributed by atoms with Gasteiger partial charge in [0.25, 0.3) is 5.91 Å². The summed E-state index contributed by atoms with van der Waals surface area (Å²) < 4.78 is 11.4. The molecule has 5 nitrogen and oxygen atoms in total. The van der Waals surface area contributed by atoms with Crippen molar-refractivity contribution in [1.29, 1.82) is 0 Å². The van der Waals surface area contributed by atoms with Crippen molar-refractivity contribution >= 4 is 40.2 Å². The highest BCUT2D eigenvalue weighted by Gasteiger charge is 2.16. The number of nitrogens with one attached hydrogen (secondary N) is 1. The molecule has 4 rings (SSSR count). The van der Waals surface area contributed by atoms with E-state index in [-0.39, 0.29) is 5.91 Å². The Hall–Kier alpha value is -3.02. The molecule has 3 aromatic carbocycles. The number of rotatable bonds is 6. The lowest BCUT2D eigenvalue weighted by atomic mass is 10.1. The van der Waals surface area contributed by atoms with Gasteiger partial charge in [-0.3, -0.25) is 4.79 Å². The fraction of sp³-hybridized carbons (Fsp3) is 0.130. The third-order valence-corrected chi connectivity index (χ3v) is 5.06. The number of halogens is 2. The van der Waals surface area contributed by atoms with Gasteiger partial charge in [0.2, 0.25) is 5.89 Å². The van der Waals surface area contributed by atoms with Gasteiger partial charge in [-0.25, -0.2) is 4.98 Å². The van der Waals surface area contributed by atoms with Crippen molar-refractivity contribution in [2.24, 2.45) is 0 Å². The molecule has 1 aromatic heterocycles. The fourth-order valence-corrected chi connectivity index (χ4v) is 3.36. The topological polar surface area (TPSA) is 64.4 Å². The van der Waals surface area contributed by atoms with E-state index in [2.05, 4.69) is 10.3 Å². The molecule has 0 saturated carbocycles. The van der Waals surface area contributed by atoms with Crippen LogP contribution in [0.3, 0.4) is 0 Å². The second-order valence-electron chi connectivity index (χ2n) is 6.74. The number of hydrogen-bond acceptors (Lipinski definition) is 4. The summed E-state index contributed by atoms with van der Waals surface area (Å²) in [6.45, 7) is 2.03. The summed E-state index contributed by atoms with van der Waals surface area (Å²) in [5.74, 6) is 0.726. The minimum absolute atomic E-state index is 0.246. The highest BCUT2D eigenvalue weighted by atomic mass is 35.5. The first-order chi connectivity index (χ1) is 14.5. The normalized spacial score (nSPS) is 12.0. The number of amides is 1. The molecule has 30 heavy (non-hydrogen) atoms. The Balaban J connectivity index is 1.35. The Morgan fingerprint density at radius 2 is 1.87 bits per heavy atom. The zero-order valence-electron chi connectivity index (χ0n) is 16.1. The van der Waals surface area contributed by atoms with E-state index < -0.39 is 6.10 Å². The molecule has 4 aromatic rings. The Kier molecular flexibility index (Phi) is 5.93. The van der Waals surface area contributed by atoms with Gasteiger partial charge >= 0.3 is 0 Å². The van der Waals surface area contributed by atoms with Gasteiger partial charge in [0.15, 0.2) is 11.7 Å². The molecule has 7 heteroatoms. The Bertz CT molecular complexity index is 1160. The van der Waals surface area contributed by atoms with Gasteiger partial charge in [-0.1, -0.05) is 47.5 Å². The van der Waals surface area contributed by atoms with Gasteiger partial charge in [0, 0.05) is 17.1 Å². The number of oxazole rings is 1. The quantitative estimate of drug-likeness (QED) is 0.406. The molecule has 0 unspecified atom stereocenters. The number of aromatic nitrogens is 1. The first-order valence-electron chi connectivity index (χ1n) is 9.34. The van der Waals surface area contributed by atoms with Crippen molar-refractivity contribution in [3.63, 3.8) is 0 Å². The first kappa shape index (κ1) is 20.3. The summed E-state index contributed by atoms with van der Waals surface area (Å²) in [6, 6.07) is 20.2. The molecule has 0 aliphatic carbocycles. The van der Waals surface area contributed by atoms with E-state index in [0.29, 0.717) is 28.2 Å². The molecular formula is C23H18Cl2N2O3. The minimum atomic E-state index is -0.706. The zero-order chi connectivity index (χ0) is 21.1. The van der Waals surface area contributed by atoms with Crippen LogP contribution in [0.15, 0.2) is 71.1 Å². The van der Waals surface area contributed by atoms with Crippen LogP contribution in [0.4, 0.5) is 0 Å². The number of carbonyl (C=O) groups is 1. The molecule has 0 radical (unpaired) electrons. The van der Waals surface area contributed by atoms with Crippen molar-refractivity contribution in [3.8, 4) is 17.2 Å². The molecule has 0 aliphatic heterocycles. The van der Waals surface area contributed by atoms with E-state index in [9.17, 15) is 4.79 Å². The van der Waals surface area contributed by atoms with Gasteiger partial charge < -0.3 is 14.5 Å². The van der Waals surface area contributed by atoms with Crippen LogP contribution in [-0.4, -0.2) is 17.0 Å². The maximum Gasteiger partial charge on any atom is 0.261 e. The van der Waals surface area contributed by atoms with E-state index in [4.69, 9.17) is 32.4 Å². The molecule has 152 valence electrons. The maximum atomic E-state index is 12.4. The molecule has 0 fully saturated rings. The Morgan fingerprint density at radius 1 is 1.10 bits per heavy atom. The number of ether oxygens (including phenoxy) is 1. The van der Waals surface area contributed by atoms with E-state index in [1.54, 1.807) is 25.1 Å². The summed E-state index contributed by atoms with van der Waals surface area (Å²) in [5.41, 5.74) is 3.38. The maximum absolute atomic E-state index is 12.4. The molecule has 0 aliphatic rings. The smallest absolute Gasteiger partial charge is 0.261 e. The van der Waals surface area contributed by atoms with Crippen molar-refractivity contribution in [2.75, 3.05) is 0 Å². The number of fused-ring (bicyclic) bond motifs is 1. The number of benzene rings is 3. The van der Waals surface area contributed by atoms with Crippen LogP contribution in [-0.2, 0) is 11.3 Å². The largest absolute Gasteiger partial charge is 0.479 e. The lowest BCUT2D eigenvalue weighted by molar-refractivity contribution is -0.127. The summed E-state index contributed by atoms with van der Waals surface area (Å²) in [5, 5.41) is 3.72. The molecule has 1 amide bonds. The molecule has 0 saturated heterocycles. The monoisotopic (exact) mass is 440 g/mol. The molecule has 1 heterocycles. The van der Waals surface area contributed by atoms with Crippen LogP contribution >= 0.6 is 23.2 Å². The van der Waals surface area contributed by atoms with Gasteiger partial charge in [-0.05, 0) is 55.0 Å². The van der Waals surface area contributed by atoms with Gasteiger partial charge in [0.05, 0.1) is 5.02 Å². The SMILES string of the molecule is C[C@@H](Oc1ccc(Cl)cc1Cl)C(=O)NCc1ccc(-c2nc3ccccc3o2)cc1. The third-order valence-electron chi connectivity index (χ3n) is 4.53. The number of para-hydroxylation sites is 2. The van der Waals surface area contributed by atoms with Crippen LogP contribution in [0, 0.1) is 0 Å².